The highest BCUT2D eigenvalue weighted by Gasteiger charge is 2.23. The van der Waals surface area contributed by atoms with Crippen molar-refractivity contribution in [2.45, 2.75) is 18.9 Å². The standard InChI is InChI=1S/C10H21N3/c1-12-6-2-3-10(12)9-13-7-4-11-5-8-13/h10-11H,2-9H2,1H3/t10-/m1/s1. The van der Waals surface area contributed by atoms with Gasteiger partial charge in [0.1, 0.15) is 0 Å². The van der Waals surface area contributed by atoms with Gasteiger partial charge in [0.05, 0.1) is 0 Å². The van der Waals surface area contributed by atoms with Gasteiger partial charge < -0.3 is 10.2 Å². The van der Waals surface area contributed by atoms with Crippen molar-refractivity contribution in [3.05, 3.63) is 0 Å². The van der Waals surface area contributed by atoms with E-state index in [2.05, 4.69) is 22.2 Å². The lowest BCUT2D eigenvalue weighted by Crippen LogP contribution is -2.48. The molecular formula is C10H21N3. The van der Waals surface area contributed by atoms with E-state index in [1.54, 1.807) is 0 Å². The zero-order valence-corrected chi connectivity index (χ0v) is 8.63. The first kappa shape index (κ1) is 9.44. The SMILES string of the molecule is CN1CCC[C@@H]1CN1CCNCC1. The molecular weight excluding hydrogens is 162 g/mol. The van der Waals surface area contributed by atoms with Crippen LogP contribution in [0.4, 0.5) is 0 Å². The number of nitrogens with one attached hydrogen (secondary N) is 1. The third kappa shape index (κ3) is 2.42. The lowest BCUT2D eigenvalue weighted by Gasteiger charge is -2.31. The van der Waals surface area contributed by atoms with E-state index in [1.807, 2.05) is 0 Å². The molecule has 0 aromatic carbocycles. The quantitative estimate of drug-likeness (QED) is 0.649. The predicted octanol–water partition coefficient (Wildman–Crippen LogP) is -0.0142. The monoisotopic (exact) mass is 183 g/mol. The van der Waals surface area contributed by atoms with Gasteiger partial charge in [0.2, 0.25) is 0 Å². The summed E-state index contributed by atoms with van der Waals surface area (Å²) in [5.74, 6) is 0. The van der Waals surface area contributed by atoms with E-state index in [1.165, 1.54) is 52.1 Å². The normalized spacial score (nSPS) is 32.5. The molecule has 0 saturated carbocycles. The van der Waals surface area contributed by atoms with Crippen molar-refractivity contribution in [1.29, 1.82) is 0 Å². The minimum atomic E-state index is 0.832. The Morgan fingerprint density at radius 2 is 2.00 bits per heavy atom. The second kappa shape index (κ2) is 4.40. The lowest BCUT2D eigenvalue weighted by molar-refractivity contribution is 0.177. The van der Waals surface area contributed by atoms with Crippen molar-refractivity contribution < 1.29 is 0 Å². The van der Waals surface area contributed by atoms with Crippen LogP contribution in [0, 0.1) is 0 Å². The van der Waals surface area contributed by atoms with Crippen molar-refractivity contribution in [3.63, 3.8) is 0 Å². The van der Waals surface area contributed by atoms with Gasteiger partial charge in [-0.15, -0.1) is 0 Å². The predicted molar refractivity (Wildman–Crippen MR) is 55.0 cm³/mol. The summed E-state index contributed by atoms with van der Waals surface area (Å²) in [5, 5.41) is 3.40. The molecule has 0 aliphatic carbocycles. The highest BCUT2D eigenvalue weighted by Crippen LogP contribution is 2.15. The van der Waals surface area contributed by atoms with E-state index in [0.29, 0.717) is 0 Å². The van der Waals surface area contributed by atoms with Crippen molar-refractivity contribution >= 4 is 0 Å². The Kier molecular flexibility index (Phi) is 3.19. The Labute approximate surface area is 81.1 Å². The number of hydrogen-bond acceptors (Lipinski definition) is 3. The zero-order valence-electron chi connectivity index (χ0n) is 8.63. The number of hydrogen-bond donors (Lipinski definition) is 1. The second-order valence-corrected chi connectivity index (χ2v) is 4.33. The van der Waals surface area contributed by atoms with E-state index in [9.17, 15) is 0 Å². The molecule has 2 aliphatic heterocycles. The van der Waals surface area contributed by atoms with Gasteiger partial charge in [-0.3, -0.25) is 4.90 Å². The van der Waals surface area contributed by atoms with Gasteiger partial charge in [-0.2, -0.15) is 0 Å². The van der Waals surface area contributed by atoms with Gasteiger partial charge >= 0.3 is 0 Å². The maximum atomic E-state index is 3.40. The Hall–Kier alpha value is -0.120. The summed E-state index contributed by atoms with van der Waals surface area (Å²) >= 11 is 0. The van der Waals surface area contributed by atoms with Crippen LogP contribution in [0.2, 0.25) is 0 Å². The fourth-order valence-electron chi connectivity index (χ4n) is 2.40. The highest BCUT2D eigenvalue weighted by atomic mass is 15.2. The van der Waals surface area contributed by atoms with Gasteiger partial charge in [0.15, 0.2) is 0 Å². The topological polar surface area (TPSA) is 18.5 Å². The number of piperazine rings is 1. The molecule has 3 heteroatoms. The number of rotatable bonds is 2. The molecule has 13 heavy (non-hydrogen) atoms. The molecule has 2 saturated heterocycles. The first-order valence-corrected chi connectivity index (χ1v) is 5.49. The molecule has 0 bridgehead atoms. The molecule has 0 aromatic heterocycles. The van der Waals surface area contributed by atoms with Crippen LogP contribution < -0.4 is 5.32 Å². The van der Waals surface area contributed by atoms with E-state index in [0.717, 1.165) is 6.04 Å². The molecule has 0 unspecified atom stereocenters. The molecule has 0 amide bonds. The maximum Gasteiger partial charge on any atom is 0.0220 e. The lowest BCUT2D eigenvalue weighted by atomic mass is 10.2. The molecule has 0 radical (unpaired) electrons. The fourth-order valence-corrected chi connectivity index (χ4v) is 2.40. The molecule has 76 valence electrons. The van der Waals surface area contributed by atoms with Crippen molar-refractivity contribution in [3.8, 4) is 0 Å². The summed E-state index contributed by atoms with van der Waals surface area (Å²) in [4.78, 5) is 5.12. The molecule has 1 N–H and O–H groups in total. The zero-order chi connectivity index (χ0) is 9.10. The molecule has 3 nitrogen and oxygen atoms in total. The van der Waals surface area contributed by atoms with Gasteiger partial charge in [0.25, 0.3) is 0 Å². The summed E-state index contributed by atoms with van der Waals surface area (Å²) in [6, 6.07) is 0.832. The van der Waals surface area contributed by atoms with Crippen LogP contribution in [0.15, 0.2) is 0 Å². The number of likely N-dealkylation sites (N-methyl/N-ethyl adjacent to an activating group) is 1. The van der Waals surface area contributed by atoms with E-state index in [4.69, 9.17) is 0 Å². The van der Waals surface area contributed by atoms with Crippen LogP contribution in [0.5, 0.6) is 0 Å². The average Bonchev–Trinajstić information content (AvgIpc) is 2.54. The molecule has 2 heterocycles. The largest absolute Gasteiger partial charge is 0.314 e. The maximum absolute atomic E-state index is 3.40. The van der Waals surface area contributed by atoms with Gasteiger partial charge in [0, 0.05) is 38.8 Å². The summed E-state index contributed by atoms with van der Waals surface area (Å²) in [6.45, 7) is 7.43. The van der Waals surface area contributed by atoms with Crippen LogP contribution in [-0.4, -0.2) is 62.2 Å². The Balaban J connectivity index is 1.75. The second-order valence-electron chi connectivity index (χ2n) is 4.33. The summed E-state index contributed by atoms with van der Waals surface area (Å²) in [7, 11) is 2.26. The highest BCUT2D eigenvalue weighted by molar-refractivity contribution is 4.81. The van der Waals surface area contributed by atoms with E-state index >= 15 is 0 Å². The summed E-state index contributed by atoms with van der Waals surface area (Å²) < 4.78 is 0. The van der Waals surface area contributed by atoms with Gasteiger partial charge in [-0.1, -0.05) is 0 Å². The molecule has 0 spiro atoms. The minimum absolute atomic E-state index is 0.832. The summed E-state index contributed by atoms with van der Waals surface area (Å²) in [6.07, 6.45) is 2.80. The number of likely N-dealkylation sites (tertiary alicyclic amines) is 1. The molecule has 2 fully saturated rings. The van der Waals surface area contributed by atoms with Crippen molar-refractivity contribution in [2.75, 3.05) is 46.3 Å². The number of nitrogens with zero attached hydrogens (tertiary/aromatic N) is 2. The smallest absolute Gasteiger partial charge is 0.0220 e. The summed E-state index contributed by atoms with van der Waals surface area (Å²) in [5.41, 5.74) is 0. The van der Waals surface area contributed by atoms with E-state index in [-0.39, 0.29) is 0 Å². The first-order valence-electron chi connectivity index (χ1n) is 5.49. The van der Waals surface area contributed by atoms with Gasteiger partial charge in [-0.05, 0) is 26.4 Å². The Morgan fingerprint density at radius 1 is 1.23 bits per heavy atom. The van der Waals surface area contributed by atoms with Crippen LogP contribution in [-0.2, 0) is 0 Å². The molecule has 2 aliphatic rings. The molecule has 1 atom stereocenters. The van der Waals surface area contributed by atoms with Crippen molar-refractivity contribution in [1.82, 2.24) is 15.1 Å². The first-order chi connectivity index (χ1) is 6.36. The van der Waals surface area contributed by atoms with E-state index < -0.39 is 0 Å². The van der Waals surface area contributed by atoms with Crippen LogP contribution in [0.1, 0.15) is 12.8 Å². The fraction of sp³-hybridized carbons (Fsp3) is 1.00. The Bertz CT molecular complexity index is 154. The van der Waals surface area contributed by atoms with Crippen molar-refractivity contribution in [2.24, 2.45) is 0 Å². The van der Waals surface area contributed by atoms with Crippen LogP contribution in [0.25, 0.3) is 0 Å². The van der Waals surface area contributed by atoms with Crippen LogP contribution in [0.3, 0.4) is 0 Å². The Morgan fingerprint density at radius 3 is 2.62 bits per heavy atom. The van der Waals surface area contributed by atoms with Crippen LogP contribution >= 0.6 is 0 Å². The minimum Gasteiger partial charge on any atom is -0.314 e. The average molecular weight is 183 g/mol. The van der Waals surface area contributed by atoms with Gasteiger partial charge in [-0.25, -0.2) is 0 Å². The molecule has 0 aromatic rings. The molecule has 2 rings (SSSR count). The third-order valence-corrected chi connectivity index (χ3v) is 3.35. The third-order valence-electron chi connectivity index (χ3n) is 3.35.